The van der Waals surface area contributed by atoms with E-state index in [1.54, 1.807) is 18.2 Å². The van der Waals surface area contributed by atoms with Crippen molar-refractivity contribution in [2.75, 3.05) is 18.8 Å². The molecule has 5 nitrogen and oxygen atoms in total. The fraction of sp³-hybridized carbons (Fsp3) is 0.318. The molecular weight excluding hydrogens is 387 g/mol. The first-order valence-corrected chi connectivity index (χ1v) is 10.8. The van der Waals surface area contributed by atoms with Crippen LogP contribution in [0.1, 0.15) is 19.8 Å². The number of benzene rings is 2. The van der Waals surface area contributed by atoms with Gasteiger partial charge in [0.05, 0.1) is 11.3 Å². The lowest BCUT2D eigenvalue weighted by molar-refractivity contribution is -0.130. The van der Waals surface area contributed by atoms with Crippen LogP contribution in [0.2, 0.25) is 0 Å². The summed E-state index contributed by atoms with van der Waals surface area (Å²) in [5, 5.41) is 9.11. The topological polar surface area (TPSA) is 51.0 Å². The second-order valence-electron chi connectivity index (χ2n) is 7.33. The third kappa shape index (κ3) is 4.34. The third-order valence-corrected chi connectivity index (χ3v) is 6.01. The molecule has 1 aliphatic rings. The molecule has 0 bridgehead atoms. The first-order valence-electron chi connectivity index (χ1n) is 9.80. The van der Waals surface area contributed by atoms with Gasteiger partial charge in [-0.25, -0.2) is 4.39 Å². The van der Waals surface area contributed by atoms with Gasteiger partial charge < -0.3 is 4.90 Å². The van der Waals surface area contributed by atoms with Gasteiger partial charge in [0, 0.05) is 18.8 Å². The van der Waals surface area contributed by atoms with Crippen molar-refractivity contribution in [3.63, 3.8) is 0 Å². The molecule has 3 aromatic rings. The summed E-state index contributed by atoms with van der Waals surface area (Å²) in [4.78, 5) is 14.6. The molecule has 1 atom stereocenters. The van der Waals surface area contributed by atoms with E-state index in [9.17, 15) is 9.18 Å². The monoisotopic (exact) mass is 410 g/mol. The van der Waals surface area contributed by atoms with Crippen molar-refractivity contribution in [3.05, 3.63) is 60.4 Å². The van der Waals surface area contributed by atoms with Crippen LogP contribution in [-0.2, 0) is 4.79 Å². The molecule has 1 unspecified atom stereocenters. The van der Waals surface area contributed by atoms with E-state index in [1.807, 2.05) is 39.8 Å². The van der Waals surface area contributed by atoms with E-state index in [4.69, 9.17) is 0 Å². The van der Waals surface area contributed by atoms with Crippen LogP contribution in [0.5, 0.6) is 0 Å². The number of para-hydroxylation sites is 1. The molecule has 1 aliphatic heterocycles. The van der Waals surface area contributed by atoms with Gasteiger partial charge in [0.2, 0.25) is 5.91 Å². The summed E-state index contributed by atoms with van der Waals surface area (Å²) < 4.78 is 16.2. The van der Waals surface area contributed by atoms with E-state index >= 15 is 0 Å². The van der Waals surface area contributed by atoms with Gasteiger partial charge in [-0.05, 0) is 43.0 Å². The van der Waals surface area contributed by atoms with Crippen molar-refractivity contribution in [2.45, 2.75) is 24.9 Å². The number of thioether (sulfide) groups is 1. The number of rotatable bonds is 5. The number of aromatic nitrogens is 3. The Kier molecular flexibility index (Phi) is 5.94. The summed E-state index contributed by atoms with van der Waals surface area (Å²) in [5.41, 5.74) is 1.21. The fourth-order valence-electron chi connectivity index (χ4n) is 3.62. The maximum absolute atomic E-state index is 14.4. The zero-order valence-electron chi connectivity index (χ0n) is 16.3. The highest BCUT2D eigenvalue weighted by molar-refractivity contribution is 7.99. The van der Waals surface area contributed by atoms with E-state index in [-0.39, 0.29) is 17.5 Å². The third-order valence-electron chi connectivity index (χ3n) is 5.10. The number of hydrogen-bond acceptors (Lipinski definition) is 4. The smallest absolute Gasteiger partial charge is 0.233 e. The molecule has 4 rings (SSSR count). The summed E-state index contributed by atoms with van der Waals surface area (Å²) in [5.74, 6) is 1.01. The molecule has 7 heteroatoms. The lowest BCUT2D eigenvalue weighted by atomic mass is 10.0. The summed E-state index contributed by atoms with van der Waals surface area (Å²) >= 11 is 1.34. The van der Waals surface area contributed by atoms with Crippen molar-refractivity contribution in [3.8, 4) is 17.1 Å². The number of amides is 1. The number of carbonyl (C=O) groups is 1. The average Bonchev–Trinajstić information content (AvgIpc) is 3.16. The maximum atomic E-state index is 14.4. The number of likely N-dealkylation sites (tertiary alicyclic amines) is 1. The maximum Gasteiger partial charge on any atom is 0.233 e. The lowest BCUT2D eigenvalue weighted by Crippen LogP contribution is -2.40. The minimum Gasteiger partial charge on any atom is -0.342 e. The summed E-state index contributed by atoms with van der Waals surface area (Å²) in [6, 6.07) is 16.1. The SMILES string of the molecule is CC1CCCN(C(=O)CSc2nnc(-c3ccccc3F)n2-c2ccccc2)C1. The minimum absolute atomic E-state index is 0.108. The largest absolute Gasteiger partial charge is 0.342 e. The van der Waals surface area contributed by atoms with E-state index in [2.05, 4.69) is 17.1 Å². The van der Waals surface area contributed by atoms with Crippen LogP contribution in [-0.4, -0.2) is 44.4 Å². The van der Waals surface area contributed by atoms with Crippen molar-refractivity contribution < 1.29 is 9.18 Å². The average molecular weight is 411 g/mol. The molecular formula is C22H23FN4OS. The second kappa shape index (κ2) is 8.78. The van der Waals surface area contributed by atoms with Gasteiger partial charge in [-0.15, -0.1) is 10.2 Å². The predicted octanol–water partition coefficient (Wildman–Crippen LogP) is 4.42. The first-order chi connectivity index (χ1) is 14.1. The Morgan fingerprint density at radius 1 is 1.14 bits per heavy atom. The van der Waals surface area contributed by atoms with Crippen LogP contribution in [0.3, 0.4) is 0 Å². The van der Waals surface area contributed by atoms with Gasteiger partial charge in [-0.2, -0.15) is 0 Å². The van der Waals surface area contributed by atoms with Crippen LogP contribution >= 0.6 is 11.8 Å². The van der Waals surface area contributed by atoms with Gasteiger partial charge >= 0.3 is 0 Å². The van der Waals surface area contributed by atoms with Gasteiger partial charge in [0.15, 0.2) is 11.0 Å². The number of halogens is 1. The van der Waals surface area contributed by atoms with Crippen LogP contribution < -0.4 is 0 Å². The van der Waals surface area contributed by atoms with Crippen molar-refractivity contribution >= 4 is 17.7 Å². The quantitative estimate of drug-likeness (QED) is 0.584. The summed E-state index contributed by atoms with van der Waals surface area (Å²) in [6.45, 7) is 3.81. The second-order valence-corrected chi connectivity index (χ2v) is 8.28. The Morgan fingerprint density at radius 3 is 2.66 bits per heavy atom. The number of hydrogen-bond donors (Lipinski definition) is 0. The molecule has 2 heterocycles. The minimum atomic E-state index is -0.355. The molecule has 0 saturated carbocycles. The lowest BCUT2D eigenvalue weighted by Gasteiger charge is -2.30. The van der Waals surface area contributed by atoms with Gasteiger partial charge in [0.1, 0.15) is 5.82 Å². The zero-order chi connectivity index (χ0) is 20.2. The molecule has 1 fully saturated rings. The van der Waals surface area contributed by atoms with Gasteiger partial charge in [-0.1, -0.05) is 49.0 Å². The van der Waals surface area contributed by atoms with Crippen molar-refractivity contribution in [2.24, 2.45) is 5.92 Å². The standard InChI is InChI=1S/C22H23FN4OS/c1-16-8-7-13-26(14-16)20(28)15-29-22-25-24-21(18-11-5-6-12-19(18)23)27(22)17-9-3-2-4-10-17/h2-6,9-12,16H,7-8,13-15H2,1H3. The summed E-state index contributed by atoms with van der Waals surface area (Å²) in [7, 11) is 0. The summed E-state index contributed by atoms with van der Waals surface area (Å²) in [6.07, 6.45) is 2.22. The molecule has 1 aromatic heterocycles. The number of carbonyl (C=O) groups excluding carboxylic acids is 1. The first kappa shape index (κ1) is 19.6. The Bertz CT molecular complexity index is 991. The zero-order valence-corrected chi connectivity index (χ0v) is 17.1. The van der Waals surface area contributed by atoms with Crippen LogP contribution in [0.4, 0.5) is 4.39 Å². The molecule has 1 amide bonds. The highest BCUT2D eigenvalue weighted by atomic mass is 32.2. The van der Waals surface area contributed by atoms with Crippen molar-refractivity contribution in [1.29, 1.82) is 0 Å². The molecule has 150 valence electrons. The number of nitrogens with zero attached hydrogens (tertiary/aromatic N) is 4. The van der Waals surface area contributed by atoms with Crippen molar-refractivity contribution in [1.82, 2.24) is 19.7 Å². The Hall–Kier alpha value is -2.67. The molecule has 0 aliphatic carbocycles. The van der Waals surface area contributed by atoms with Gasteiger partial charge in [0.25, 0.3) is 0 Å². The van der Waals surface area contributed by atoms with Crippen LogP contribution in [0.15, 0.2) is 59.8 Å². The number of piperidine rings is 1. The van der Waals surface area contributed by atoms with Gasteiger partial charge in [-0.3, -0.25) is 9.36 Å². The predicted molar refractivity (Wildman–Crippen MR) is 112 cm³/mol. The molecule has 29 heavy (non-hydrogen) atoms. The Morgan fingerprint density at radius 2 is 1.90 bits per heavy atom. The Balaban J connectivity index is 1.62. The van der Waals surface area contributed by atoms with Crippen LogP contribution in [0.25, 0.3) is 17.1 Å². The fourth-order valence-corrected chi connectivity index (χ4v) is 4.48. The molecule has 0 radical (unpaired) electrons. The molecule has 0 N–H and O–H groups in total. The molecule has 1 saturated heterocycles. The highest BCUT2D eigenvalue weighted by Gasteiger charge is 2.23. The Labute approximate surface area is 173 Å². The van der Waals surface area contributed by atoms with Crippen LogP contribution in [0, 0.1) is 11.7 Å². The van der Waals surface area contributed by atoms with E-state index < -0.39 is 0 Å². The molecule has 0 spiro atoms. The van der Waals surface area contributed by atoms with E-state index in [0.29, 0.717) is 22.5 Å². The highest BCUT2D eigenvalue weighted by Crippen LogP contribution is 2.29. The van der Waals surface area contributed by atoms with E-state index in [1.165, 1.54) is 24.2 Å². The normalized spacial score (nSPS) is 16.8. The molecule has 2 aromatic carbocycles. The van der Waals surface area contributed by atoms with E-state index in [0.717, 1.165) is 25.2 Å².